The largest absolute Gasteiger partial charge is 0.325 e. The van der Waals surface area contributed by atoms with E-state index in [-0.39, 0.29) is 18.2 Å². The molecule has 0 aromatic heterocycles. The highest BCUT2D eigenvalue weighted by atomic mass is 79.9. The van der Waals surface area contributed by atoms with Crippen LogP contribution in [-0.2, 0) is 9.59 Å². The molecule has 1 unspecified atom stereocenters. The number of amides is 2. The van der Waals surface area contributed by atoms with E-state index in [1.807, 2.05) is 25.1 Å². The summed E-state index contributed by atoms with van der Waals surface area (Å²) in [6.45, 7) is 2.32. The van der Waals surface area contributed by atoms with E-state index < -0.39 is 5.25 Å². The Bertz CT molecular complexity index is 955. The lowest BCUT2D eigenvalue weighted by molar-refractivity contribution is -0.128. The number of benzene rings is 2. The van der Waals surface area contributed by atoms with Gasteiger partial charge >= 0.3 is 0 Å². The Labute approximate surface area is 185 Å². The standard InChI is InChI=1S/C19H16BrCl2N3O2S/c1-2-25-18(27)16(10-17(26)23-14-6-4-3-5-12(14)20)28-19(25)24-15-8-7-11(21)9-13(15)22/h3-9,16H,2,10H2,1H3,(H,23,26). The van der Waals surface area contributed by atoms with Gasteiger partial charge in [0.05, 0.1) is 16.4 Å². The van der Waals surface area contributed by atoms with Crippen molar-refractivity contribution < 1.29 is 9.59 Å². The van der Waals surface area contributed by atoms with Gasteiger partial charge in [-0.2, -0.15) is 0 Å². The second kappa shape index (κ2) is 9.31. The molecule has 1 atom stereocenters. The van der Waals surface area contributed by atoms with Gasteiger partial charge in [0.15, 0.2) is 5.17 Å². The quantitative estimate of drug-likeness (QED) is 0.569. The normalized spacial score (nSPS) is 18.0. The summed E-state index contributed by atoms with van der Waals surface area (Å²) in [4.78, 5) is 31.2. The maximum atomic E-state index is 12.7. The lowest BCUT2D eigenvalue weighted by Gasteiger charge is -2.13. The summed E-state index contributed by atoms with van der Waals surface area (Å²) in [6.07, 6.45) is 0.0503. The molecule has 9 heteroatoms. The average Bonchev–Trinajstić information content (AvgIpc) is 2.94. The van der Waals surface area contributed by atoms with Gasteiger partial charge in [-0.3, -0.25) is 14.5 Å². The lowest BCUT2D eigenvalue weighted by atomic mass is 10.2. The molecule has 146 valence electrons. The van der Waals surface area contributed by atoms with Crippen molar-refractivity contribution in [2.24, 2.45) is 4.99 Å². The van der Waals surface area contributed by atoms with Crippen LogP contribution in [0.2, 0.25) is 10.0 Å². The molecule has 1 aliphatic heterocycles. The summed E-state index contributed by atoms with van der Waals surface area (Å²) in [5, 5.41) is 3.73. The summed E-state index contributed by atoms with van der Waals surface area (Å²) in [5.74, 6) is -0.377. The Balaban J connectivity index is 1.75. The van der Waals surface area contributed by atoms with E-state index in [0.29, 0.717) is 33.1 Å². The first-order valence-corrected chi connectivity index (χ1v) is 10.9. The number of carbonyl (C=O) groups excluding carboxylic acids is 2. The third-order valence-corrected chi connectivity index (χ3v) is 6.39. The summed E-state index contributed by atoms with van der Waals surface area (Å²) in [6, 6.07) is 12.3. The van der Waals surface area contributed by atoms with Gasteiger partial charge in [-0.15, -0.1) is 0 Å². The minimum Gasteiger partial charge on any atom is -0.325 e. The van der Waals surface area contributed by atoms with Gasteiger partial charge in [-0.1, -0.05) is 47.1 Å². The number of anilines is 1. The van der Waals surface area contributed by atoms with E-state index in [1.54, 1.807) is 29.2 Å². The van der Waals surface area contributed by atoms with Gasteiger partial charge in [-0.05, 0) is 53.2 Å². The number of hydrogen-bond acceptors (Lipinski definition) is 4. The molecule has 0 saturated carbocycles. The monoisotopic (exact) mass is 499 g/mol. The molecule has 0 bridgehead atoms. The van der Waals surface area contributed by atoms with E-state index >= 15 is 0 Å². The van der Waals surface area contributed by atoms with Crippen LogP contribution in [0.4, 0.5) is 11.4 Å². The minimum atomic E-state index is -0.535. The molecule has 28 heavy (non-hydrogen) atoms. The Hall–Kier alpha value is -1.54. The first kappa shape index (κ1) is 21.2. The summed E-state index contributed by atoms with van der Waals surface area (Å²) in [5.41, 5.74) is 1.19. The van der Waals surface area contributed by atoms with Crippen LogP contribution in [0.25, 0.3) is 0 Å². The van der Waals surface area contributed by atoms with Gasteiger partial charge in [0.25, 0.3) is 0 Å². The zero-order valence-electron chi connectivity index (χ0n) is 14.8. The number of nitrogens with zero attached hydrogens (tertiary/aromatic N) is 2. The molecular weight excluding hydrogens is 485 g/mol. The van der Waals surface area contributed by atoms with Crippen molar-refractivity contribution in [3.05, 3.63) is 57.0 Å². The summed E-state index contributed by atoms with van der Waals surface area (Å²) in [7, 11) is 0. The zero-order valence-corrected chi connectivity index (χ0v) is 18.7. The van der Waals surface area contributed by atoms with Crippen molar-refractivity contribution in [2.45, 2.75) is 18.6 Å². The van der Waals surface area contributed by atoms with E-state index in [4.69, 9.17) is 23.2 Å². The van der Waals surface area contributed by atoms with Crippen molar-refractivity contribution >= 4 is 79.3 Å². The number of carbonyl (C=O) groups is 2. The predicted molar refractivity (Wildman–Crippen MR) is 120 cm³/mol. The van der Waals surface area contributed by atoms with Crippen LogP contribution in [0, 0.1) is 0 Å². The first-order valence-electron chi connectivity index (χ1n) is 8.45. The molecule has 1 saturated heterocycles. The SMILES string of the molecule is CCN1C(=O)C(CC(=O)Nc2ccccc2Br)SC1=Nc1ccc(Cl)cc1Cl. The Kier molecular flexibility index (Phi) is 7.04. The maximum absolute atomic E-state index is 12.7. The zero-order chi connectivity index (χ0) is 20.3. The van der Waals surface area contributed by atoms with Crippen molar-refractivity contribution in [3.63, 3.8) is 0 Å². The molecule has 2 aromatic carbocycles. The number of thioether (sulfide) groups is 1. The van der Waals surface area contributed by atoms with Crippen LogP contribution in [-0.4, -0.2) is 33.7 Å². The van der Waals surface area contributed by atoms with Crippen LogP contribution < -0.4 is 5.32 Å². The van der Waals surface area contributed by atoms with E-state index in [2.05, 4.69) is 26.2 Å². The first-order chi connectivity index (χ1) is 13.4. The van der Waals surface area contributed by atoms with Crippen molar-refractivity contribution in [3.8, 4) is 0 Å². The van der Waals surface area contributed by atoms with Crippen LogP contribution >= 0.6 is 50.9 Å². The van der Waals surface area contributed by atoms with Crippen LogP contribution in [0.1, 0.15) is 13.3 Å². The molecule has 2 aromatic rings. The number of para-hydroxylation sites is 1. The summed E-state index contributed by atoms with van der Waals surface area (Å²) < 4.78 is 0.781. The molecule has 0 spiro atoms. The van der Waals surface area contributed by atoms with E-state index in [1.165, 1.54) is 11.8 Å². The fourth-order valence-corrected chi connectivity index (χ4v) is 4.67. The number of amidine groups is 1. The average molecular weight is 501 g/mol. The van der Waals surface area contributed by atoms with Crippen molar-refractivity contribution in [1.29, 1.82) is 0 Å². The van der Waals surface area contributed by atoms with Crippen LogP contribution in [0.5, 0.6) is 0 Å². The molecular formula is C19H16BrCl2N3O2S. The van der Waals surface area contributed by atoms with Crippen LogP contribution in [0.3, 0.4) is 0 Å². The third-order valence-electron chi connectivity index (χ3n) is 3.98. The molecule has 0 aliphatic carbocycles. The fraction of sp³-hybridized carbons (Fsp3) is 0.211. The molecule has 3 rings (SSSR count). The maximum Gasteiger partial charge on any atom is 0.242 e. The van der Waals surface area contributed by atoms with Gasteiger partial charge in [0.1, 0.15) is 5.25 Å². The smallest absolute Gasteiger partial charge is 0.242 e. The van der Waals surface area contributed by atoms with Gasteiger partial charge in [0.2, 0.25) is 11.8 Å². The molecule has 1 heterocycles. The predicted octanol–water partition coefficient (Wildman–Crippen LogP) is 5.74. The lowest BCUT2D eigenvalue weighted by Crippen LogP contribution is -2.33. The second-order valence-electron chi connectivity index (χ2n) is 5.91. The molecule has 0 radical (unpaired) electrons. The number of hydrogen-bond donors (Lipinski definition) is 1. The fourth-order valence-electron chi connectivity index (χ4n) is 2.62. The van der Waals surface area contributed by atoms with Gasteiger partial charge < -0.3 is 5.32 Å². The third kappa shape index (κ3) is 4.89. The van der Waals surface area contributed by atoms with E-state index in [9.17, 15) is 9.59 Å². The van der Waals surface area contributed by atoms with Gasteiger partial charge in [-0.25, -0.2) is 4.99 Å². The molecule has 1 N–H and O–H groups in total. The molecule has 1 aliphatic rings. The number of aliphatic imine (C=N–C) groups is 1. The highest BCUT2D eigenvalue weighted by Crippen LogP contribution is 2.35. The van der Waals surface area contributed by atoms with Crippen LogP contribution in [0.15, 0.2) is 51.9 Å². The molecule has 2 amide bonds. The molecule has 1 fully saturated rings. The number of halogens is 3. The Morgan fingerprint density at radius 1 is 1.29 bits per heavy atom. The summed E-state index contributed by atoms with van der Waals surface area (Å²) >= 11 is 16.8. The Morgan fingerprint density at radius 2 is 2.04 bits per heavy atom. The Morgan fingerprint density at radius 3 is 2.71 bits per heavy atom. The van der Waals surface area contributed by atoms with E-state index in [0.717, 1.165) is 4.47 Å². The van der Waals surface area contributed by atoms with Crippen molar-refractivity contribution in [2.75, 3.05) is 11.9 Å². The highest BCUT2D eigenvalue weighted by molar-refractivity contribution is 9.10. The molecule has 5 nitrogen and oxygen atoms in total. The highest BCUT2D eigenvalue weighted by Gasteiger charge is 2.38. The second-order valence-corrected chi connectivity index (χ2v) is 8.78. The minimum absolute atomic E-state index is 0.0503. The topological polar surface area (TPSA) is 61.8 Å². The van der Waals surface area contributed by atoms with Gasteiger partial charge in [0, 0.05) is 22.5 Å². The number of nitrogens with one attached hydrogen (secondary N) is 1. The number of rotatable bonds is 5. The van der Waals surface area contributed by atoms with Crippen molar-refractivity contribution in [1.82, 2.24) is 4.90 Å².